The molecular weight excluding hydrogens is 378 g/mol. The van der Waals surface area contributed by atoms with E-state index >= 15 is 0 Å². The van der Waals surface area contributed by atoms with E-state index in [-0.39, 0.29) is 15.9 Å². The van der Waals surface area contributed by atoms with Gasteiger partial charge in [0.05, 0.1) is 7.11 Å². The van der Waals surface area contributed by atoms with Crippen molar-refractivity contribution in [2.75, 3.05) is 32.1 Å². The molecule has 150 valence electrons. The average Bonchev–Trinajstić information content (AvgIpc) is 3.20. The van der Waals surface area contributed by atoms with Crippen LogP contribution in [0.1, 0.15) is 45.8 Å². The maximum atomic E-state index is 12.3. The summed E-state index contributed by atoms with van der Waals surface area (Å²) in [5.74, 6) is 0.00124. The molecule has 1 saturated heterocycles. The van der Waals surface area contributed by atoms with Crippen molar-refractivity contribution in [3.8, 4) is 5.75 Å². The maximum Gasteiger partial charge on any atom is 0.286 e. The summed E-state index contributed by atoms with van der Waals surface area (Å²) < 4.78 is 5.08. The van der Waals surface area contributed by atoms with Crippen LogP contribution in [0.15, 0.2) is 24.3 Å². The summed E-state index contributed by atoms with van der Waals surface area (Å²) in [4.78, 5) is 26.9. The minimum atomic E-state index is -0.399. The number of ether oxygens (including phenoxy) is 1. The molecule has 0 saturated carbocycles. The Bertz CT molecular complexity index is 808. The van der Waals surface area contributed by atoms with Crippen LogP contribution in [0.4, 0.5) is 5.69 Å². The van der Waals surface area contributed by atoms with Gasteiger partial charge in [0.1, 0.15) is 5.75 Å². The molecule has 0 aliphatic carbocycles. The molecule has 1 aromatic carbocycles. The van der Waals surface area contributed by atoms with Gasteiger partial charge in [-0.2, -0.15) is 0 Å². The molecule has 2 heterocycles. The molecule has 1 aliphatic rings. The zero-order valence-electron chi connectivity index (χ0n) is 16.1. The van der Waals surface area contributed by atoms with Crippen molar-refractivity contribution < 1.29 is 14.3 Å². The molecule has 1 aliphatic heterocycles. The largest absolute Gasteiger partial charge is 0.497 e. The van der Waals surface area contributed by atoms with E-state index in [0.717, 1.165) is 24.4 Å². The van der Waals surface area contributed by atoms with Crippen LogP contribution in [0.25, 0.3) is 0 Å². The van der Waals surface area contributed by atoms with Crippen molar-refractivity contribution in [2.45, 2.75) is 32.2 Å². The molecule has 0 spiro atoms. The number of piperidine rings is 1. The lowest BCUT2D eigenvalue weighted by Crippen LogP contribution is -2.42. The second-order valence-electron chi connectivity index (χ2n) is 6.73. The fraction of sp³-hybridized carbons (Fsp3) is 0.474. The number of amides is 2. The number of carbonyl (C=O) groups excluding carboxylic acids is 2. The molecule has 0 radical (unpaired) electrons. The fourth-order valence-electron chi connectivity index (χ4n) is 3.14. The first-order valence-electron chi connectivity index (χ1n) is 9.38. The SMILES string of the molecule is COc1ccc(NC(=O)c2nnc(C(=O)NCCN3CCCCC3C)s2)cc1. The first-order chi connectivity index (χ1) is 13.6. The molecule has 2 N–H and O–H groups in total. The quantitative estimate of drug-likeness (QED) is 0.737. The van der Waals surface area contributed by atoms with Gasteiger partial charge in [0, 0.05) is 24.8 Å². The van der Waals surface area contributed by atoms with Gasteiger partial charge in [0.25, 0.3) is 11.8 Å². The lowest BCUT2D eigenvalue weighted by molar-refractivity contribution is 0.0936. The number of methoxy groups -OCH3 is 1. The first-order valence-corrected chi connectivity index (χ1v) is 10.2. The van der Waals surface area contributed by atoms with Gasteiger partial charge in [0.2, 0.25) is 10.0 Å². The number of nitrogens with one attached hydrogen (secondary N) is 2. The monoisotopic (exact) mass is 403 g/mol. The van der Waals surface area contributed by atoms with Crippen molar-refractivity contribution in [3.05, 3.63) is 34.3 Å². The van der Waals surface area contributed by atoms with Crippen molar-refractivity contribution >= 4 is 28.8 Å². The average molecular weight is 404 g/mol. The normalized spacial score (nSPS) is 17.1. The Hall–Kier alpha value is -2.52. The van der Waals surface area contributed by atoms with E-state index in [2.05, 4.69) is 32.7 Å². The number of benzene rings is 1. The second kappa shape index (κ2) is 9.61. The molecule has 1 atom stereocenters. The van der Waals surface area contributed by atoms with Gasteiger partial charge in [-0.3, -0.25) is 14.5 Å². The van der Waals surface area contributed by atoms with Crippen LogP contribution in [-0.2, 0) is 0 Å². The van der Waals surface area contributed by atoms with Crippen LogP contribution in [0, 0.1) is 0 Å². The Kier molecular flexibility index (Phi) is 6.94. The van der Waals surface area contributed by atoms with Crippen LogP contribution < -0.4 is 15.4 Å². The highest BCUT2D eigenvalue weighted by atomic mass is 32.1. The molecule has 1 aromatic heterocycles. The van der Waals surface area contributed by atoms with E-state index in [4.69, 9.17) is 4.74 Å². The number of anilines is 1. The molecular formula is C19H25N5O3S. The molecule has 2 aromatic rings. The Morgan fingerprint density at radius 3 is 2.57 bits per heavy atom. The highest BCUT2D eigenvalue weighted by Crippen LogP contribution is 2.18. The molecule has 1 fully saturated rings. The topological polar surface area (TPSA) is 96.5 Å². The summed E-state index contributed by atoms with van der Waals surface area (Å²) in [6.45, 7) is 4.66. The molecule has 0 bridgehead atoms. The van der Waals surface area contributed by atoms with Crippen LogP contribution in [0.5, 0.6) is 5.75 Å². The van der Waals surface area contributed by atoms with Gasteiger partial charge in [-0.25, -0.2) is 0 Å². The Labute approximate surface area is 168 Å². The van der Waals surface area contributed by atoms with E-state index < -0.39 is 5.91 Å². The maximum absolute atomic E-state index is 12.3. The van der Waals surface area contributed by atoms with Gasteiger partial charge >= 0.3 is 0 Å². The van der Waals surface area contributed by atoms with E-state index in [0.29, 0.717) is 24.0 Å². The van der Waals surface area contributed by atoms with Gasteiger partial charge in [-0.15, -0.1) is 10.2 Å². The van der Waals surface area contributed by atoms with E-state index in [1.807, 2.05) is 0 Å². The van der Waals surface area contributed by atoms with Gasteiger partial charge < -0.3 is 15.4 Å². The summed E-state index contributed by atoms with van der Waals surface area (Å²) >= 11 is 0.978. The van der Waals surface area contributed by atoms with E-state index in [1.165, 1.54) is 19.3 Å². The Morgan fingerprint density at radius 1 is 1.18 bits per heavy atom. The summed E-state index contributed by atoms with van der Waals surface area (Å²) in [7, 11) is 1.58. The smallest absolute Gasteiger partial charge is 0.286 e. The molecule has 8 nitrogen and oxygen atoms in total. The first kappa shape index (κ1) is 20.2. The van der Waals surface area contributed by atoms with Crippen LogP contribution in [0.2, 0.25) is 0 Å². The second-order valence-corrected chi connectivity index (χ2v) is 7.71. The minimum Gasteiger partial charge on any atom is -0.497 e. The summed E-state index contributed by atoms with van der Waals surface area (Å²) in [5, 5.41) is 13.6. The van der Waals surface area contributed by atoms with Crippen molar-refractivity contribution in [2.24, 2.45) is 0 Å². The van der Waals surface area contributed by atoms with Crippen molar-refractivity contribution in [3.63, 3.8) is 0 Å². The van der Waals surface area contributed by atoms with Gasteiger partial charge in [-0.1, -0.05) is 17.8 Å². The lowest BCUT2D eigenvalue weighted by Gasteiger charge is -2.33. The highest BCUT2D eigenvalue weighted by molar-refractivity contribution is 7.15. The van der Waals surface area contributed by atoms with E-state index in [1.54, 1.807) is 31.4 Å². The number of rotatable bonds is 7. The number of carbonyl (C=O) groups is 2. The number of hydrogen-bond donors (Lipinski definition) is 2. The summed E-state index contributed by atoms with van der Waals surface area (Å²) in [5.41, 5.74) is 0.614. The van der Waals surface area contributed by atoms with Gasteiger partial charge in [0.15, 0.2) is 0 Å². The third kappa shape index (κ3) is 5.26. The number of hydrogen-bond acceptors (Lipinski definition) is 7. The zero-order valence-corrected chi connectivity index (χ0v) is 16.9. The van der Waals surface area contributed by atoms with E-state index in [9.17, 15) is 9.59 Å². The highest BCUT2D eigenvalue weighted by Gasteiger charge is 2.20. The lowest BCUT2D eigenvalue weighted by atomic mass is 10.0. The third-order valence-corrected chi connectivity index (χ3v) is 5.71. The standard InChI is InChI=1S/C19H25N5O3S/c1-13-5-3-4-11-24(13)12-10-20-16(25)18-22-23-19(28-18)17(26)21-14-6-8-15(27-2)9-7-14/h6-9,13H,3-5,10-12H2,1-2H3,(H,20,25)(H,21,26). The number of aromatic nitrogens is 2. The Balaban J connectivity index is 1.49. The third-order valence-electron chi connectivity index (χ3n) is 4.79. The summed E-state index contributed by atoms with van der Waals surface area (Å²) in [6, 6.07) is 7.51. The predicted octanol–water partition coefficient (Wildman–Crippen LogP) is 2.40. The molecule has 9 heteroatoms. The molecule has 2 amide bonds. The number of likely N-dealkylation sites (tertiary alicyclic amines) is 1. The molecule has 28 heavy (non-hydrogen) atoms. The molecule has 3 rings (SSSR count). The Morgan fingerprint density at radius 2 is 1.89 bits per heavy atom. The van der Waals surface area contributed by atoms with Crippen molar-refractivity contribution in [1.29, 1.82) is 0 Å². The van der Waals surface area contributed by atoms with Crippen molar-refractivity contribution in [1.82, 2.24) is 20.4 Å². The van der Waals surface area contributed by atoms with Gasteiger partial charge in [-0.05, 0) is 50.6 Å². The van der Waals surface area contributed by atoms with Crippen LogP contribution in [0.3, 0.4) is 0 Å². The van der Waals surface area contributed by atoms with Crippen LogP contribution in [-0.4, -0.2) is 59.7 Å². The summed E-state index contributed by atoms with van der Waals surface area (Å²) in [6.07, 6.45) is 3.69. The zero-order chi connectivity index (χ0) is 19.9. The van der Waals surface area contributed by atoms with Crippen LogP contribution >= 0.6 is 11.3 Å². The number of nitrogens with zero attached hydrogens (tertiary/aromatic N) is 3. The fourth-order valence-corrected chi connectivity index (χ4v) is 3.80. The minimum absolute atomic E-state index is 0.144. The predicted molar refractivity (Wildman–Crippen MR) is 108 cm³/mol. The molecule has 1 unspecified atom stereocenters.